The minimum atomic E-state index is -0.775. The molecule has 1 unspecified atom stereocenters. The fourth-order valence-corrected chi connectivity index (χ4v) is 7.58. The van der Waals surface area contributed by atoms with Gasteiger partial charge in [-0.25, -0.2) is 0 Å². The van der Waals surface area contributed by atoms with Gasteiger partial charge in [-0.15, -0.1) is 0 Å². The Morgan fingerprint density at radius 2 is 0.600 bits per heavy atom. The van der Waals surface area contributed by atoms with E-state index in [4.69, 9.17) is 14.2 Å². The average Bonchev–Trinajstić information content (AvgIpc) is 3.30. The van der Waals surface area contributed by atoms with E-state index in [1.165, 1.54) is 128 Å². The first kappa shape index (κ1) is 61.9. The Bertz CT molecular complexity index is 1230. The predicted molar refractivity (Wildman–Crippen MR) is 279 cm³/mol. The average molecular weight is 907 g/mol. The molecule has 65 heavy (non-hydrogen) atoms. The van der Waals surface area contributed by atoms with Crippen molar-refractivity contribution < 1.29 is 28.6 Å². The Morgan fingerprint density at radius 3 is 0.969 bits per heavy atom. The number of hydrogen-bond donors (Lipinski definition) is 0. The van der Waals surface area contributed by atoms with Crippen LogP contribution < -0.4 is 0 Å². The molecule has 0 aliphatic rings. The number of carbonyl (C=O) groups excluding carboxylic acids is 3. The Labute approximate surface area is 402 Å². The van der Waals surface area contributed by atoms with Crippen LogP contribution in [0, 0.1) is 0 Å². The summed E-state index contributed by atoms with van der Waals surface area (Å²) in [6, 6.07) is 0. The van der Waals surface area contributed by atoms with Gasteiger partial charge in [-0.05, 0) is 89.9 Å². The third-order valence-corrected chi connectivity index (χ3v) is 11.7. The van der Waals surface area contributed by atoms with Crippen molar-refractivity contribution in [3.05, 3.63) is 72.9 Å². The molecule has 0 radical (unpaired) electrons. The van der Waals surface area contributed by atoms with Gasteiger partial charge in [0.15, 0.2) is 6.10 Å². The van der Waals surface area contributed by atoms with Crippen LogP contribution in [0.15, 0.2) is 72.9 Å². The largest absolute Gasteiger partial charge is 0.462 e. The summed E-state index contributed by atoms with van der Waals surface area (Å²) in [6.45, 7) is 6.42. The summed E-state index contributed by atoms with van der Waals surface area (Å²) in [5, 5.41) is 0. The van der Waals surface area contributed by atoms with Gasteiger partial charge >= 0.3 is 17.9 Å². The van der Waals surface area contributed by atoms with Crippen LogP contribution in [-0.4, -0.2) is 37.2 Å². The molecule has 0 aliphatic carbocycles. The van der Waals surface area contributed by atoms with Gasteiger partial charge in [0.05, 0.1) is 0 Å². The highest BCUT2D eigenvalue weighted by atomic mass is 16.6. The Kier molecular flexibility index (Phi) is 50.9. The van der Waals surface area contributed by atoms with E-state index >= 15 is 0 Å². The molecule has 0 spiro atoms. The van der Waals surface area contributed by atoms with E-state index in [0.29, 0.717) is 19.3 Å². The highest BCUT2D eigenvalue weighted by molar-refractivity contribution is 5.71. The minimum Gasteiger partial charge on any atom is -0.462 e. The van der Waals surface area contributed by atoms with Gasteiger partial charge in [0.25, 0.3) is 0 Å². The molecule has 0 amide bonds. The van der Waals surface area contributed by atoms with Gasteiger partial charge in [-0.1, -0.05) is 229 Å². The lowest BCUT2D eigenvalue weighted by Crippen LogP contribution is -2.30. The Hall–Kier alpha value is -3.15. The van der Waals surface area contributed by atoms with E-state index < -0.39 is 6.10 Å². The second-order valence-corrected chi connectivity index (χ2v) is 18.1. The molecule has 0 N–H and O–H groups in total. The molecular weight excluding hydrogens is 805 g/mol. The number of ether oxygens (including phenoxy) is 3. The Balaban J connectivity index is 4.12. The molecule has 0 fully saturated rings. The van der Waals surface area contributed by atoms with Gasteiger partial charge in [0.2, 0.25) is 0 Å². The van der Waals surface area contributed by atoms with Crippen LogP contribution in [0.1, 0.15) is 265 Å². The van der Waals surface area contributed by atoms with Crippen molar-refractivity contribution in [1.82, 2.24) is 0 Å². The SMILES string of the molecule is CC/C=C\C/C=C\C/C=C\C/C=C\CCCCCCCCCCCCC(=O)OCC(COC(=O)CCCCCCC)OC(=O)CCCCCCCCCCC/C=C\C/C=C\CCCCC. The third kappa shape index (κ3) is 51.7. The molecule has 0 rings (SSSR count). The zero-order valence-corrected chi connectivity index (χ0v) is 42.7. The van der Waals surface area contributed by atoms with Crippen molar-refractivity contribution in [2.45, 2.75) is 271 Å². The summed E-state index contributed by atoms with van der Waals surface area (Å²) in [7, 11) is 0. The third-order valence-electron chi connectivity index (χ3n) is 11.7. The summed E-state index contributed by atoms with van der Waals surface area (Å²) < 4.78 is 16.7. The lowest BCUT2D eigenvalue weighted by Gasteiger charge is -2.18. The number of carbonyl (C=O) groups is 3. The number of rotatable bonds is 49. The van der Waals surface area contributed by atoms with Crippen LogP contribution in [0.3, 0.4) is 0 Å². The first-order valence-electron chi connectivity index (χ1n) is 27.4. The van der Waals surface area contributed by atoms with Crippen LogP contribution in [0.25, 0.3) is 0 Å². The van der Waals surface area contributed by atoms with Gasteiger partial charge in [-0.3, -0.25) is 14.4 Å². The first-order chi connectivity index (χ1) is 32.0. The topological polar surface area (TPSA) is 78.9 Å². The maximum absolute atomic E-state index is 12.8. The normalized spacial score (nSPS) is 12.6. The second-order valence-electron chi connectivity index (χ2n) is 18.1. The number of hydrogen-bond acceptors (Lipinski definition) is 6. The fourth-order valence-electron chi connectivity index (χ4n) is 7.58. The van der Waals surface area contributed by atoms with Crippen LogP contribution in [-0.2, 0) is 28.6 Å². The summed E-state index contributed by atoms with van der Waals surface area (Å²) in [5.41, 5.74) is 0. The van der Waals surface area contributed by atoms with E-state index in [9.17, 15) is 14.4 Å². The fraction of sp³-hybridized carbons (Fsp3) is 0.746. The lowest BCUT2D eigenvalue weighted by atomic mass is 10.1. The van der Waals surface area contributed by atoms with Crippen molar-refractivity contribution in [2.75, 3.05) is 13.2 Å². The van der Waals surface area contributed by atoms with Gasteiger partial charge < -0.3 is 14.2 Å². The van der Waals surface area contributed by atoms with Crippen LogP contribution in [0.2, 0.25) is 0 Å². The van der Waals surface area contributed by atoms with Crippen LogP contribution in [0.4, 0.5) is 0 Å². The zero-order valence-electron chi connectivity index (χ0n) is 42.7. The first-order valence-corrected chi connectivity index (χ1v) is 27.4. The van der Waals surface area contributed by atoms with Crippen molar-refractivity contribution in [1.29, 1.82) is 0 Å². The van der Waals surface area contributed by atoms with Crippen molar-refractivity contribution >= 4 is 17.9 Å². The monoisotopic (exact) mass is 907 g/mol. The van der Waals surface area contributed by atoms with E-state index in [1.54, 1.807) is 0 Å². The molecule has 0 aromatic heterocycles. The highest BCUT2D eigenvalue weighted by Crippen LogP contribution is 2.15. The van der Waals surface area contributed by atoms with E-state index in [2.05, 4.69) is 93.7 Å². The molecule has 0 bridgehead atoms. The molecule has 0 saturated heterocycles. The lowest BCUT2D eigenvalue weighted by molar-refractivity contribution is -0.167. The summed E-state index contributed by atoms with van der Waals surface area (Å²) >= 11 is 0. The number of unbranched alkanes of at least 4 members (excludes halogenated alkanes) is 26. The quantitative estimate of drug-likeness (QED) is 0.0262. The molecule has 6 heteroatoms. The molecule has 374 valence electrons. The zero-order chi connectivity index (χ0) is 47.2. The maximum Gasteiger partial charge on any atom is 0.306 e. The number of allylic oxidation sites excluding steroid dienone is 12. The molecule has 0 aliphatic heterocycles. The standard InChI is InChI=1S/C59H102O6/c1-4-7-10-13-15-17-19-21-23-25-27-28-29-30-32-33-35-37-39-41-43-46-49-52-58(61)64-55-56(54-63-57(60)51-48-45-12-9-6-3)65-59(62)53-50-47-44-42-40-38-36-34-31-26-24-22-20-18-16-14-11-8-5-2/h7,10,15-18,21-24,27-28,56H,4-6,8-9,11-14,19-20,25-26,29-55H2,1-3H3/b10-7-,17-15-,18-16-,23-21-,24-22-,28-27-. The van der Waals surface area contributed by atoms with Crippen molar-refractivity contribution in [2.24, 2.45) is 0 Å². The minimum absolute atomic E-state index is 0.0784. The van der Waals surface area contributed by atoms with Crippen LogP contribution in [0.5, 0.6) is 0 Å². The van der Waals surface area contributed by atoms with Crippen molar-refractivity contribution in [3.8, 4) is 0 Å². The van der Waals surface area contributed by atoms with Gasteiger partial charge in [0, 0.05) is 19.3 Å². The molecule has 6 nitrogen and oxygen atoms in total. The smallest absolute Gasteiger partial charge is 0.306 e. The molecule has 0 saturated carbocycles. The second kappa shape index (κ2) is 53.5. The predicted octanol–water partition coefficient (Wildman–Crippen LogP) is 18.2. The maximum atomic E-state index is 12.8. The molecular formula is C59H102O6. The summed E-state index contributed by atoms with van der Waals surface area (Å²) in [5.74, 6) is -0.896. The highest BCUT2D eigenvalue weighted by Gasteiger charge is 2.19. The van der Waals surface area contributed by atoms with E-state index in [-0.39, 0.29) is 31.1 Å². The van der Waals surface area contributed by atoms with Crippen molar-refractivity contribution in [3.63, 3.8) is 0 Å². The van der Waals surface area contributed by atoms with E-state index in [0.717, 1.165) is 96.3 Å². The molecule has 0 aromatic rings. The van der Waals surface area contributed by atoms with Gasteiger partial charge in [0.1, 0.15) is 13.2 Å². The Morgan fingerprint density at radius 1 is 0.323 bits per heavy atom. The van der Waals surface area contributed by atoms with Gasteiger partial charge in [-0.2, -0.15) is 0 Å². The van der Waals surface area contributed by atoms with E-state index in [1.807, 2.05) is 0 Å². The summed E-state index contributed by atoms with van der Waals surface area (Å²) in [6.07, 6.45) is 67.8. The molecule has 0 aromatic carbocycles. The van der Waals surface area contributed by atoms with Crippen LogP contribution >= 0.6 is 0 Å². The molecule has 0 heterocycles. The summed E-state index contributed by atoms with van der Waals surface area (Å²) in [4.78, 5) is 37.8. The number of esters is 3. The molecule has 1 atom stereocenters.